The number of ether oxygens (including phenoxy) is 1. The van der Waals surface area contributed by atoms with Crippen molar-refractivity contribution in [3.8, 4) is 0 Å². The van der Waals surface area contributed by atoms with E-state index in [-0.39, 0.29) is 5.91 Å². The number of unbranched alkanes of at least 4 members (excludes halogenated alkanes) is 1. The molecule has 0 saturated heterocycles. The molecule has 0 radical (unpaired) electrons. The summed E-state index contributed by atoms with van der Waals surface area (Å²) < 4.78 is 4.54. The number of esters is 1. The molecule has 0 rings (SSSR count). The molecule has 0 aliphatic carbocycles. The third kappa shape index (κ3) is 3.36. The summed E-state index contributed by atoms with van der Waals surface area (Å²) in [5.74, 6) is -0.788. The normalized spacial score (nSPS) is 10.9. The van der Waals surface area contributed by atoms with E-state index >= 15 is 0 Å². The molecule has 0 saturated carbocycles. The molecule has 1 N–H and O–H groups in total. The van der Waals surface area contributed by atoms with Gasteiger partial charge in [-0.1, -0.05) is 13.3 Å². The second kappa shape index (κ2) is 5.62. The highest BCUT2D eigenvalue weighted by atomic mass is 16.5. The molecule has 0 heterocycles. The summed E-state index contributed by atoms with van der Waals surface area (Å²) >= 11 is 0. The van der Waals surface area contributed by atoms with Gasteiger partial charge >= 0.3 is 5.97 Å². The minimum Gasteiger partial charge on any atom is -0.468 e. The zero-order chi connectivity index (χ0) is 11.2. The fourth-order valence-electron chi connectivity index (χ4n) is 0.948. The number of carbonyl (C=O) groups is 2. The van der Waals surface area contributed by atoms with Gasteiger partial charge in [-0.05, 0) is 20.3 Å². The van der Waals surface area contributed by atoms with Gasteiger partial charge in [0.05, 0.1) is 7.11 Å². The average molecular weight is 201 g/mol. The maximum Gasteiger partial charge on any atom is 0.320 e. The SMILES string of the molecule is CCCCNC(=O)C(C)(C)C(=O)OC. The topological polar surface area (TPSA) is 55.4 Å². The number of carbonyl (C=O) groups excluding carboxylic acids is 2. The Labute approximate surface area is 85.0 Å². The monoisotopic (exact) mass is 201 g/mol. The van der Waals surface area contributed by atoms with Gasteiger partial charge < -0.3 is 10.1 Å². The molecule has 4 nitrogen and oxygen atoms in total. The molecule has 0 spiro atoms. The van der Waals surface area contributed by atoms with Crippen molar-refractivity contribution in [2.24, 2.45) is 5.41 Å². The Morgan fingerprint density at radius 3 is 2.36 bits per heavy atom. The number of hydrogen-bond donors (Lipinski definition) is 1. The van der Waals surface area contributed by atoms with Gasteiger partial charge in [0.25, 0.3) is 0 Å². The molecule has 4 heteroatoms. The molecule has 0 aliphatic heterocycles. The highest BCUT2D eigenvalue weighted by molar-refractivity contribution is 6.01. The quantitative estimate of drug-likeness (QED) is 0.412. The Morgan fingerprint density at radius 1 is 1.36 bits per heavy atom. The molecule has 0 aromatic rings. The third-order valence-electron chi connectivity index (χ3n) is 2.08. The van der Waals surface area contributed by atoms with Gasteiger partial charge in [-0.25, -0.2) is 0 Å². The molecule has 14 heavy (non-hydrogen) atoms. The first-order chi connectivity index (χ1) is 6.46. The Bertz CT molecular complexity index is 211. The standard InChI is InChI=1S/C10H19NO3/c1-5-6-7-11-8(12)10(2,3)9(13)14-4/h5-7H2,1-4H3,(H,11,12). The molecular weight excluding hydrogens is 182 g/mol. The van der Waals surface area contributed by atoms with Crippen LogP contribution in [0.3, 0.4) is 0 Å². The summed E-state index contributed by atoms with van der Waals surface area (Å²) in [6, 6.07) is 0. The summed E-state index contributed by atoms with van der Waals surface area (Å²) in [6.07, 6.45) is 1.93. The van der Waals surface area contributed by atoms with Crippen LogP contribution in [0.25, 0.3) is 0 Å². The lowest BCUT2D eigenvalue weighted by Gasteiger charge is -2.20. The lowest BCUT2D eigenvalue weighted by atomic mass is 9.92. The predicted octanol–water partition coefficient (Wildman–Crippen LogP) is 1.10. The van der Waals surface area contributed by atoms with Crippen LogP contribution in [-0.2, 0) is 14.3 Å². The van der Waals surface area contributed by atoms with E-state index in [4.69, 9.17) is 0 Å². The molecule has 0 aromatic heterocycles. The van der Waals surface area contributed by atoms with Gasteiger partial charge in [0.15, 0.2) is 0 Å². The van der Waals surface area contributed by atoms with E-state index in [9.17, 15) is 9.59 Å². The van der Waals surface area contributed by atoms with E-state index < -0.39 is 11.4 Å². The van der Waals surface area contributed by atoms with Crippen molar-refractivity contribution >= 4 is 11.9 Å². The van der Waals surface area contributed by atoms with Crippen LogP contribution in [0.15, 0.2) is 0 Å². The Hall–Kier alpha value is -1.06. The zero-order valence-corrected chi connectivity index (χ0v) is 9.35. The van der Waals surface area contributed by atoms with Crippen LogP contribution < -0.4 is 5.32 Å². The lowest BCUT2D eigenvalue weighted by Crippen LogP contribution is -2.43. The first-order valence-corrected chi connectivity index (χ1v) is 4.83. The molecule has 0 aromatic carbocycles. The van der Waals surface area contributed by atoms with Crippen LogP contribution in [0.4, 0.5) is 0 Å². The van der Waals surface area contributed by atoms with E-state index in [1.807, 2.05) is 6.92 Å². The van der Waals surface area contributed by atoms with Gasteiger partial charge in [-0.3, -0.25) is 9.59 Å². The molecule has 82 valence electrons. The Morgan fingerprint density at radius 2 is 1.93 bits per heavy atom. The summed E-state index contributed by atoms with van der Waals surface area (Å²) in [5.41, 5.74) is -1.09. The van der Waals surface area contributed by atoms with Crippen molar-refractivity contribution in [2.75, 3.05) is 13.7 Å². The molecule has 0 aliphatic rings. The number of hydrogen-bond acceptors (Lipinski definition) is 3. The smallest absolute Gasteiger partial charge is 0.320 e. The maximum absolute atomic E-state index is 11.5. The summed E-state index contributed by atoms with van der Waals surface area (Å²) in [7, 11) is 1.28. The fraction of sp³-hybridized carbons (Fsp3) is 0.800. The lowest BCUT2D eigenvalue weighted by molar-refractivity contribution is -0.156. The highest BCUT2D eigenvalue weighted by Gasteiger charge is 2.36. The van der Waals surface area contributed by atoms with Crippen LogP contribution in [0.5, 0.6) is 0 Å². The minimum absolute atomic E-state index is 0.280. The van der Waals surface area contributed by atoms with Crippen molar-refractivity contribution in [1.82, 2.24) is 5.32 Å². The molecular formula is C10H19NO3. The van der Waals surface area contributed by atoms with E-state index in [1.54, 1.807) is 13.8 Å². The number of amides is 1. The zero-order valence-electron chi connectivity index (χ0n) is 9.35. The Kier molecular flexibility index (Phi) is 5.20. The van der Waals surface area contributed by atoms with Crippen molar-refractivity contribution in [3.05, 3.63) is 0 Å². The van der Waals surface area contributed by atoms with E-state index in [2.05, 4.69) is 10.1 Å². The molecule has 0 unspecified atom stereocenters. The molecule has 0 bridgehead atoms. The largest absolute Gasteiger partial charge is 0.468 e. The van der Waals surface area contributed by atoms with Crippen LogP contribution in [0.2, 0.25) is 0 Å². The van der Waals surface area contributed by atoms with E-state index in [0.29, 0.717) is 6.54 Å². The van der Waals surface area contributed by atoms with Crippen molar-refractivity contribution in [2.45, 2.75) is 33.6 Å². The summed E-state index contributed by atoms with van der Waals surface area (Å²) in [5, 5.41) is 2.70. The number of methoxy groups -OCH3 is 1. The predicted molar refractivity (Wildman–Crippen MR) is 53.7 cm³/mol. The highest BCUT2D eigenvalue weighted by Crippen LogP contribution is 2.16. The fourth-order valence-corrected chi connectivity index (χ4v) is 0.948. The number of rotatable bonds is 5. The first-order valence-electron chi connectivity index (χ1n) is 4.83. The van der Waals surface area contributed by atoms with Gasteiger partial charge in [0.1, 0.15) is 5.41 Å². The van der Waals surface area contributed by atoms with Crippen LogP contribution in [-0.4, -0.2) is 25.5 Å². The Balaban J connectivity index is 4.15. The summed E-state index contributed by atoms with van der Waals surface area (Å²) in [4.78, 5) is 22.8. The van der Waals surface area contributed by atoms with Crippen molar-refractivity contribution < 1.29 is 14.3 Å². The third-order valence-corrected chi connectivity index (χ3v) is 2.08. The molecule has 0 fully saturated rings. The van der Waals surface area contributed by atoms with Gasteiger partial charge in [0, 0.05) is 6.54 Å². The summed E-state index contributed by atoms with van der Waals surface area (Å²) in [6.45, 7) is 5.76. The van der Waals surface area contributed by atoms with Crippen LogP contribution in [0.1, 0.15) is 33.6 Å². The first kappa shape index (κ1) is 12.9. The molecule has 0 atom stereocenters. The minimum atomic E-state index is -1.09. The second-order valence-corrected chi connectivity index (χ2v) is 3.73. The molecule has 1 amide bonds. The van der Waals surface area contributed by atoms with Crippen LogP contribution >= 0.6 is 0 Å². The maximum atomic E-state index is 11.5. The van der Waals surface area contributed by atoms with Crippen molar-refractivity contribution in [1.29, 1.82) is 0 Å². The average Bonchev–Trinajstić information content (AvgIpc) is 2.16. The van der Waals surface area contributed by atoms with Crippen LogP contribution in [0, 0.1) is 5.41 Å². The number of nitrogens with one attached hydrogen (secondary N) is 1. The van der Waals surface area contributed by atoms with Crippen molar-refractivity contribution in [3.63, 3.8) is 0 Å². The van der Waals surface area contributed by atoms with E-state index in [0.717, 1.165) is 12.8 Å². The van der Waals surface area contributed by atoms with Gasteiger partial charge in [0.2, 0.25) is 5.91 Å². The second-order valence-electron chi connectivity index (χ2n) is 3.73. The van der Waals surface area contributed by atoms with Gasteiger partial charge in [-0.2, -0.15) is 0 Å². The van der Waals surface area contributed by atoms with Gasteiger partial charge in [-0.15, -0.1) is 0 Å². The van der Waals surface area contributed by atoms with E-state index in [1.165, 1.54) is 7.11 Å².